The minimum Gasteiger partial charge on any atom is -0.409 e. The van der Waals surface area contributed by atoms with E-state index in [0.29, 0.717) is 6.54 Å². The second-order valence-corrected chi connectivity index (χ2v) is 4.81. The molecule has 0 atom stereocenters. The molecule has 0 radical (unpaired) electrons. The summed E-state index contributed by atoms with van der Waals surface area (Å²) in [6, 6.07) is 13.9. The summed E-state index contributed by atoms with van der Waals surface area (Å²) in [6.07, 6.45) is 0. The van der Waals surface area contributed by atoms with E-state index < -0.39 is 0 Å². The maximum atomic E-state index is 8.82. The predicted molar refractivity (Wildman–Crippen MR) is 82.2 cm³/mol. The number of nitrogens with two attached hydrogens (primary N) is 1. The molecule has 0 heterocycles. The van der Waals surface area contributed by atoms with Crippen LogP contribution < -0.4 is 11.1 Å². The van der Waals surface area contributed by atoms with Crippen LogP contribution >= 0.6 is 0 Å². The molecule has 0 aliphatic heterocycles. The molecule has 104 valence electrons. The first kappa shape index (κ1) is 13.9. The molecule has 0 aliphatic carbocycles. The average molecular weight is 269 g/mol. The van der Waals surface area contributed by atoms with Gasteiger partial charge in [0.05, 0.1) is 0 Å². The molecule has 2 aromatic rings. The second kappa shape index (κ2) is 6.10. The van der Waals surface area contributed by atoms with E-state index in [1.807, 2.05) is 24.3 Å². The summed E-state index contributed by atoms with van der Waals surface area (Å²) in [5.41, 5.74) is 10.9. The van der Waals surface area contributed by atoms with Crippen molar-refractivity contribution < 1.29 is 5.21 Å². The fourth-order valence-electron chi connectivity index (χ4n) is 2.09. The van der Waals surface area contributed by atoms with Crippen molar-refractivity contribution in [3.63, 3.8) is 0 Å². The van der Waals surface area contributed by atoms with Crippen molar-refractivity contribution in [3.8, 4) is 0 Å². The summed E-state index contributed by atoms with van der Waals surface area (Å²) in [7, 11) is 0. The first-order valence-corrected chi connectivity index (χ1v) is 6.48. The number of amidine groups is 1. The summed E-state index contributed by atoms with van der Waals surface area (Å²) < 4.78 is 0. The van der Waals surface area contributed by atoms with Crippen LogP contribution in [0.15, 0.2) is 47.6 Å². The highest BCUT2D eigenvalue weighted by atomic mass is 16.4. The minimum absolute atomic E-state index is 0.128. The topological polar surface area (TPSA) is 70.6 Å². The van der Waals surface area contributed by atoms with Crippen LogP contribution in [0.25, 0.3) is 0 Å². The highest BCUT2D eigenvalue weighted by Crippen LogP contribution is 2.18. The SMILES string of the molecule is Cc1ccc(C)c(NCc2ccccc2C(N)=NO)c1. The third-order valence-corrected chi connectivity index (χ3v) is 3.26. The highest BCUT2D eigenvalue weighted by Gasteiger charge is 2.06. The molecule has 0 amide bonds. The normalized spacial score (nSPS) is 11.4. The van der Waals surface area contributed by atoms with Gasteiger partial charge in [0.25, 0.3) is 0 Å². The van der Waals surface area contributed by atoms with E-state index in [4.69, 9.17) is 10.9 Å². The Kier molecular flexibility index (Phi) is 4.25. The maximum Gasteiger partial charge on any atom is 0.170 e. The van der Waals surface area contributed by atoms with Crippen LogP contribution in [0.4, 0.5) is 5.69 Å². The van der Waals surface area contributed by atoms with Gasteiger partial charge in [-0.3, -0.25) is 0 Å². The first-order chi connectivity index (χ1) is 9.61. The number of rotatable bonds is 4. The lowest BCUT2D eigenvalue weighted by Crippen LogP contribution is -2.16. The predicted octanol–water partition coefficient (Wildman–Crippen LogP) is 3.01. The van der Waals surface area contributed by atoms with E-state index in [1.165, 1.54) is 11.1 Å². The van der Waals surface area contributed by atoms with E-state index in [9.17, 15) is 0 Å². The highest BCUT2D eigenvalue weighted by molar-refractivity contribution is 5.98. The Bertz CT molecular complexity index is 635. The van der Waals surface area contributed by atoms with E-state index in [2.05, 4.69) is 42.5 Å². The van der Waals surface area contributed by atoms with Crippen molar-refractivity contribution in [2.75, 3.05) is 5.32 Å². The van der Waals surface area contributed by atoms with Crippen LogP contribution in [-0.4, -0.2) is 11.0 Å². The van der Waals surface area contributed by atoms with Crippen molar-refractivity contribution in [2.45, 2.75) is 20.4 Å². The van der Waals surface area contributed by atoms with Crippen LogP contribution in [0.2, 0.25) is 0 Å². The van der Waals surface area contributed by atoms with Crippen molar-refractivity contribution >= 4 is 11.5 Å². The summed E-state index contributed by atoms with van der Waals surface area (Å²) in [5, 5.41) is 15.3. The van der Waals surface area contributed by atoms with Crippen molar-refractivity contribution in [1.82, 2.24) is 0 Å². The van der Waals surface area contributed by atoms with E-state index >= 15 is 0 Å². The third kappa shape index (κ3) is 3.09. The number of benzene rings is 2. The summed E-state index contributed by atoms with van der Waals surface area (Å²) in [6.45, 7) is 4.75. The molecule has 0 saturated heterocycles. The summed E-state index contributed by atoms with van der Waals surface area (Å²) in [4.78, 5) is 0. The Morgan fingerprint density at radius 1 is 1.20 bits per heavy atom. The van der Waals surface area contributed by atoms with Gasteiger partial charge in [-0.15, -0.1) is 0 Å². The van der Waals surface area contributed by atoms with Gasteiger partial charge in [0, 0.05) is 17.8 Å². The average Bonchev–Trinajstić information content (AvgIpc) is 2.47. The van der Waals surface area contributed by atoms with Gasteiger partial charge in [-0.05, 0) is 36.6 Å². The van der Waals surface area contributed by atoms with Crippen LogP contribution in [-0.2, 0) is 6.54 Å². The lowest BCUT2D eigenvalue weighted by molar-refractivity contribution is 0.318. The third-order valence-electron chi connectivity index (χ3n) is 3.26. The van der Waals surface area contributed by atoms with Gasteiger partial charge in [0.2, 0.25) is 0 Å². The number of nitrogens with one attached hydrogen (secondary N) is 1. The molecule has 0 aromatic heterocycles. The molecule has 0 saturated carbocycles. The Hall–Kier alpha value is -2.49. The molecule has 4 nitrogen and oxygen atoms in total. The smallest absolute Gasteiger partial charge is 0.170 e. The van der Waals surface area contributed by atoms with E-state index in [1.54, 1.807) is 0 Å². The van der Waals surface area contributed by atoms with Gasteiger partial charge in [0.1, 0.15) is 0 Å². The van der Waals surface area contributed by atoms with Crippen LogP contribution in [0.5, 0.6) is 0 Å². The van der Waals surface area contributed by atoms with E-state index in [-0.39, 0.29) is 5.84 Å². The lowest BCUT2D eigenvalue weighted by Gasteiger charge is -2.13. The van der Waals surface area contributed by atoms with Gasteiger partial charge in [-0.25, -0.2) is 0 Å². The minimum atomic E-state index is 0.128. The number of oxime groups is 1. The zero-order valence-corrected chi connectivity index (χ0v) is 11.7. The van der Waals surface area contributed by atoms with Crippen molar-refractivity contribution in [3.05, 3.63) is 64.7 Å². The largest absolute Gasteiger partial charge is 0.409 e. The number of hydrogen-bond acceptors (Lipinski definition) is 3. The van der Waals surface area contributed by atoms with Gasteiger partial charge in [0.15, 0.2) is 5.84 Å². The molecule has 2 rings (SSSR count). The molecule has 0 fully saturated rings. The Morgan fingerprint density at radius 2 is 1.95 bits per heavy atom. The Morgan fingerprint density at radius 3 is 2.70 bits per heavy atom. The van der Waals surface area contributed by atoms with Crippen molar-refractivity contribution in [1.29, 1.82) is 0 Å². The molecule has 0 spiro atoms. The molecule has 0 bridgehead atoms. The summed E-state index contributed by atoms with van der Waals surface area (Å²) >= 11 is 0. The van der Waals surface area contributed by atoms with Gasteiger partial charge in [-0.1, -0.05) is 41.6 Å². The Balaban J connectivity index is 2.21. The second-order valence-electron chi connectivity index (χ2n) is 4.81. The standard InChI is InChI=1S/C16H19N3O/c1-11-7-8-12(2)15(9-11)18-10-13-5-3-4-6-14(13)16(17)19-20/h3-9,18,20H,10H2,1-2H3,(H2,17,19). The Labute approximate surface area is 118 Å². The molecule has 4 heteroatoms. The van der Waals surface area contributed by atoms with E-state index in [0.717, 1.165) is 16.8 Å². The molecular formula is C16H19N3O. The van der Waals surface area contributed by atoms with Gasteiger partial charge in [-0.2, -0.15) is 0 Å². The van der Waals surface area contributed by atoms with Gasteiger partial charge >= 0.3 is 0 Å². The molecule has 0 unspecified atom stereocenters. The molecule has 0 aliphatic rings. The van der Waals surface area contributed by atoms with Crippen LogP contribution in [0.1, 0.15) is 22.3 Å². The van der Waals surface area contributed by atoms with Gasteiger partial charge < -0.3 is 16.3 Å². The molecule has 20 heavy (non-hydrogen) atoms. The number of anilines is 1. The van der Waals surface area contributed by atoms with Crippen LogP contribution in [0, 0.1) is 13.8 Å². The van der Waals surface area contributed by atoms with Crippen molar-refractivity contribution in [2.24, 2.45) is 10.9 Å². The monoisotopic (exact) mass is 269 g/mol. The number of aryl methyl sites for hydroxylation is 2. The molecule has 2 aromatic carbocycles. The lowest BCUT2D eigenvalue weighted by atomic mass is 10.1. The zero-order valence-electron chi connectivity index (χ0n) is 11.7. The number of hydrogen-bond donors (Lipinski definition) is 3. The van der Waals surface area contributed by atoms with Crippen LogP contribution in [0.3, 0.4) is 0 Å². The zero-order chi connectivity index (χ0) is 14.5. The number of nitrogens with zero attached hydrogens (tertiary/aromatic N) is 1. The maximum absolute atomic E-state index is 8.82. The fourth-order valence-corrected chi connectivity index (χ4v) is 2.09. The first-order valence-electron chi connectivity index (χ1n) is 6.48. The fraction of sp³-hybridized carbons (Fsp3) is 0.188. The molecular weight excluding hydrogens is 250 g/mol. The quantitative estimate of drug-likeness (QED) is 0.346. The molecule has 4 N–H and O–H groups in total. The summed E-state index contributed by atoms with van der Waals surface area (Å²) in [5.74, 6) is 0.128.